The molecule has 0 bridgehead atoms. The van der Waals surface area contributed by atoms with Crippen molar-refractivity contribution >= 4 is 14.6 Å². The Bertz CT molecular complexity index is 136. The fourth-order valence-electron chi connectivity index (χ4n) is 1.16. The van der Waals surface area contributed by atoms with Gasteiger partial charge in [0, 0.05) is 6.61 Å². The molecule has 1 aliphatic rings. The van der Waals surface area contributed by atoms with Crippen molar-refractivity contribution in [3.05, 3.63) is 12.3 Å². The molecule has 1 nitrogen and oxygen atoms in total. The topological polar surface area (TPSA) is 9.23 Å². The summed E-state index contributed by atoms with van der Waals surface area (Å²) >= 11 is 0. The van der Waals surface area contributed by atoms with Gasteiger partial charge in [-0.25, -0.2) is 0 Å². The van der Waals surface area contributed by atoms with Crippen molar-refractivity contribution in [1.82, 2.24) is 0 Å². The molecule has 1 rings (SSSR count). The van der Waals surface area contributed by atoms with Crippen LogP contribution in [0.4, 0.5) is 0 Å². The van der Waals surface area contributed by atoms with Gasteiger partial charge in [-0.15, -0.1) is 12.8 Å². The molecule has 0 aromatic rings. The summed E-state index contributed by atoms with van der Waals surface area (Å²) in [6.07, 6.45) is 7.77. The lowest BCUT2D eigenvalue weighted by atomic mass is 10.2. The molecule has 0 saturated carbocycles. The molecule has 1 unspecified atom stereocenters. The highest BCUT2D eigenvalue weighted by molar-refractivity contribution is 6.67. The minimum Gasteiger partial charge on any atom is -0.378 e. The van der Waals surface area contributed by atoms with Crippen LogP contribution in [0.1, 0.15) is 19.3 Å². The first-order valence-electron chi connectivity index (χ1n) is 3.77. The summed E-state index contributed by atoms with van der Waals surface area (Å²) in [6, 6.07) is 0. The molecule has 0 radical (unpaired) electrons. The largest absolute Gasteiger partial charge is 0.378 e. The third-order valence-electron chi connectivity index (χ3n) is 1.86. The Morgan fingerprint density at radius 2 is 2.30 bits per heavy atom. The molecule has 56 valence electrons. The zero-order valence-corrected chi connectivity index (χ0v) is 7.31. The molecule has 0 amide bonds. The molecule has 2 heteroatoms. The highest BCUT2D eigenvalue weighted by Gasteiger charge is 2.14. The Kier molecular flexibility index (Phi) is 3.03. The van der Waals surface area contributed by atoms with Crippen LogP contribution >= 0.6 is 0 Å². The zero-order valence-electron chi connectivity index (χ0n) is 6.31. The molecule has 1 heterocycles. The van der Waals surface area contributed by atoms with E-state index in [4.69, 9.17) is 4.74 Å². The summed E-state index contributed by atoms with van der Waals surface area (Å²) in [5, 5.41) is 0. The molecule has 1 fully saturated rings. The van der Waals surface area contributed by atoms with Gasteiger partial charge in [-0.3, -0.25) is 0 Å². The van der Waals surface area contributed by atoms with Crippen LogP contribution in [-0.2, 0) is 4.74 Å². The predicted octanol–water partition coefficient (Wildman–Crippen LogP) is 1.33. The van der Waals surface area contributed by atoms with E-state index in [-0.39, 0.29) is 0 Å². The van der Waals surface area contributed by atoms with E-state index >= 15 is 0 Å². The van der Waals surface area contributed by atoms with Gasteiger partial charge < -0.3 is 4.74 Å². The van der Waals surface area contributed by atoms with Crippen molar-refractivity contribution in [3.8, 4) is 0 Å². The first-order chi connectivity index (χ1) is 4.84. The van der Waals surface area contributed by atoms with Gasteiger partial charge in [0.05, 0.1) is 14.1 Å². The first-order valence-corrected chi connectivity index (χ1v) is 5.63. The summed E-state index contributed by atoms with van der Waals surface area (Å²) in [5.41, 5.74) is 2.41. The number of ether oxygens (including phenoxy) is 1. The Hall–Kier alpha value is -0.213. The van der Waals surface area contributed by atoms with E-state index in [2.05, 4.69) is 12.8 Å². The minimum atomic E-state index is -0.638. The lowest BCUT2D eigenvalue weighted by molar-refractivity contribution is 0.0653. The maximum atomic E-state index is 5.54. The van der Waals surface area contributed by atoms with Gasteiger partial charge >= 0.3 is 0 Å². The van der Waals surface area contributed by atoms with Crippen LogP contribution in [0.3, 0.4) is 0 Å². The Morgan fingerprint density at radius 3 is 2.80 bits per heavy atom. The van der Waals surface area contributed by atoms with E-state index in [1.165, 1.54) is 19.3 Å². The predicted molar refractivity (Wildman–Crippen MR) is 46.7 cm³/mol. The second-order valence-electron chi connectivity index (χ2n) is 2.63. The third kappa shape index (κ3) is 1.89. The fraction of sp³-hybridized carbons (Fsp3) is 0.625. The summed E-state index contributed by atoms with van der Waals surface area (Å²) in [4.78, 5) is 0. The van der Waals surface area contributed by atoms with E-state index < -0.39 is 8.41 Å². The number of rotatable bonds is 2. The van der Waals surface area contributed by atoms with Gasteiger partial charge in [-0.1, -0.05) is 5.70 Å². The smallest absolute Gasteiger partial charge is 0.0660 e. The van der Waals surface area contributed by atoms with Crippen molar-refractivity contribution < 1.29 is 4.74 Å². The molecule has 0 aliphatic carbocycles. The molecule has 0 aromatic carbocycles. The van der Waals surface area contributed by atoms with Gasteiger partial charge in [0.1, 0.15) is 0 Å². The van der Waals surface area contributed by atoms with Crippen molar-refractivity contribution in [2.24, 2.45) is 0 Å². The van der Waals surface area contributed by atoms with Gasteiger partial charge in [-0.2, -0.15) is 0 Å². The van der Waals surface area contributed by atoms with Crippen LogP contribution < -0.4 is 0 Å². The minimum absolute atomic E-state index is 0.441. The van der Waals surface area contributed by atoms with Crippen LogP contribution in [-0.4, -0.2) is 26.9 Å². The molecule has 0 aromatic heterocycles. The second-order valence-corrected chi connectivity index (χ2v) is 4.84. The molecular weight excluding hydrogens is 140 g/mol. The van der Waals surface area contributed by atoms with Gasteiger partial charge in [0.2, 0.25) is 0 Å². The third-order valence-corrected chi connectivity index (χ3v) is 3.66. The molecule has 10 heavy (non-hydrogen) atoms. The van der Waals surface area contributed by atoms with Crippen molar-refractivity contribution in [1.29, 1.82) is 0 Å². The van der Waals surface area contributed by atoms with E-state index in [9.17, 15) is 0 Å². The molecule has 1 aliphatic heterocycles. The highest BCUT2D eigenvalue weighted by atomic mass is 28.2. The quantitative estimate of drug-likeness (QED) is 0.545. The monoisotopic (exact) mass is 154 g/mol. The lowest BCUT2D eigenvalue weighted by Gasteiger charge is -2.22. The fourth-order valence-corrected chi connectivity index (χ4v) is 2.33. The molecule has 0 N–H and O–H groups in total. The maximum absolute atomic E-state index is 5.54. The van der Waals surface area contributed by atoms with Crippen LogP contribution in [0.5, 0.6) is 0 Å². The molecule has 0 spiro atoms. The Morgan fingerprint density at radius 1 is 1.50 bits per heavy atom. The first kappa shape index (κ1) is 7.89. The van der Waals surface area contributed by atoms with Crippen LogP contribution in [0.2, 0.25) is 0 Å². The maximum Gasteiger partial charge on any atom is 0.0660 e. The van der Waals surface area contributed by atoms with Gasteiger partial charge in [-0.05, 0) is 19.3 Å². The molecule has 1 atom stereocenters. The molecule has 1 saturated heterocycles. The van der Waals surface area contributed by atoms with Crippen molar-refractivity contribution in [2.45, 2.75) is 25.0 Å². The summed E-state index contributed by atoms with van der Waals surface area (Å²) in [5.74, 6) is 0. The lowest BCUT2D eigenvalue weighted by Crippen LogP contribution is -2.28. The normalized spacial score (nSPS) is 25.8. The van der Waals surface area contributed by atoms with Crippen molar-refractivity contribution in [3.63, 3.8) is 0 Å². The van der Waals surface area contributed by atoms with Crippen LogP contribution in [0.25, 0.3) is 0 Å². The Balaban J connectivity index is 2.38. The average molecular weight is 154 g/mol. The molecular formula is C8H14OSi. The average Bonchev–Trinajstić information content (AvgIpc) is 2.05. The van der Waals surface area contributed by atoms with E-state index in [1.807, 2.05) is 5.70 Å². The zero-order chi connectivity index (χ0) is 7.40. The summed E-state index contributed by atoms with van der Waals surface area (Å²) in [6.45, 7) is 4.67. The standard InChI is InChI=1S/C8H14OSi/c1-3-10(2)8-6-4-5-7-9-8/h3,8H,1-2,4-7H2. The van der Waals surface area contributed by atoms with E-state index in [1.54, 1.807) is 0 Å². The Labute approximate surface area is 63.9 Å². The number of hydrogen-bond acceptors (Lipinski definition) is 1. The van der Waals surface area contributed by atoms with Gasteiger partial charge in [0.25, 0.3) is 0 Å². The van der Waals surface area contributed by atoms with E-state index in [0.717, 1.165) is 6.61 Å². The van der Waals surface area contributed by atoms with Crippen LogP contribution in [0.15, 0.2) is 12.3 Å². The highest BCUT2D eigenvalue weighted by Crippen LogP contribution is 2.12. The number of hydrogen-bond donors (Lipinski definition) is 0. The van der Waals surface area contributed by atoms with Crippen molar-refractivity contribution in [2.75, 3.05) is 6.61 Å². The van der Waals surface area contributed by atoms with E-state index in [0.29, 0.717) is 5.73 Å². The van der Waals surface area contributed by atoms with Crippen LogP contribution in [0, 0.1) is 0 Å². The summed E-state index contributed by atoms with van der Waals surface area (Å²) < 4.78 is 5.54. The SMILES string of the molecule is C=C[Si](=C)C1CCCCO1. The summed E-state index contributed by atoms with van der Waals surface area (Å²) in [7, 11) is -0.638. The van der Waals surface area contributed by atoms with Gasteiger partial charge in [0.15, 0.2) is 0 Å². The second kappa shape index (κ2) is 3.83.